The molecular formula is C8H6BrF2N3. The van der Waals surface area contributed by atoms with Crippen LogP contribution in [-0.2, 0) is 6.54 Å². The lowest BCUT2D eigenvalue weighted by Crippen LogP contribution is -2.04. The predicted octanol–water partition coefficient (Wildman–Crippen LogP) is 2.11. The smallest absolute Gasteiger partial charge is 0.281 e. The summed E-state index contributed by atoms with van der Waals surface area (Å²) in [7, 11) is 0. The third-order valence-corrected chi connectivity index (χ3v) is 2.31. The molecule has 0 aliphatic rings. The molecule has 0 saturated carbocycles. The van der Waals surface area contributed by atoms with Crippen LogP contribution in [0.5, 0.6) is 0 Å². The van der Waals surface area contributed by atoms with E-state index in [-0.39, 0.29) is 16.7 Å². The third kappa shape index (κ3) is 2.05. The fraction of sp³-hybridized carbons (Fsp3) is 0.250. The first-order valence-corrected chi connectivity index (χ1v) is 4.47. The highest BCUT2D eigenvalue weighted by atomic mass is 79.9. The number of nitriles is 1. The topological polar surface area (TPSA) is 62.7 Å². The fourth-order valence-corrected chi connectivity index (χ4v) is 1.41. The molecule has 1 rings (SSSR count). The first-order chi connectivity index (χ1) is 6.60. The van der Waals surface area contributed by atoms with Crippen molar-refractivity contribution in [1.29, 1.82) is 5.26 Å². The van der Waals surface area contributed by atoms with Crippen LogP contribution in [0.15, 0.2) is 10.7 Å². The van der Waals surface area contributed by atoms with E-state index < -0.39 is 12.1 Å². The quantitative estimate of drug-likeness (QED) is 0.830. The molecule has 6 heteroatoms. The molecule has 0 saturated heterocycles. The molecule has 74 valence electrons. The van der Waals surface area contributed by atoms with Gasteiger partial charge >= 0.3 is 0 Å². The standard InChI is InChI=1S/C8H6BrF2N3/c9-7-5(3-13)1-4(2-12)6(14-7)8(10)11/h1,8H,3,13H2. The first kappa shape index (κ1) is 11.0. The number of rotatable bonds is 2. The van der Waals surface area contributed by atoms with Gasteiger partial charge < -0.3 is 5.73 Å². The molecule has 0 fully saturated rings. The van der Waals surface area contributed by atoms with Gasteiger partial charge in [0.05, 0.1) is 5.56 Å². The second-order valence-electron chi connectivity index (χ2n) is 2.49. The summed E-state index contributed by atoms with van der Waals surface area (Å²) in [6.07, 6.45) is -2.76. The molecule has 1 aromatic heterocycles. The van der Waals surface area contributed by atoms with Crippen LogP contribution >= 0.6 is 15.9 Å². The van der Waals surface area contributed by atoms with Crippen molar-refractivity contribution in [3.05, 3.63) is 27.5 Å². The fourth-order valence-electron chi connectivity index (χ4n) is 0.945. The van der Waals surface area contributed by atoms with E-state index in [4.69, 9.17) is 11.0 Å². The van der Waals surface area contributed by atoms with Gasteiger partial charge in [0.15, 0.2) is 0 Å². The average molecular weight is 262 g/mol. The highest BCUT2D eigenvalue weighted by molar-refractivity contribution is 9.10. The van der Waals surface area contributed by atoms with Gasteiger partial charge in [-0.05, 0) is 27.6 Å². The van der Waals surface area contributed by atoms with Gasteiger partial charge in [0, 0.05) is 6.54 Å². The van der Waals surface area contributed by atoms with Gasteiger partial charge in [-0.2, -0.15) is 5.26 Å². The minimum Gasteiger partial charge on any atom is -0.326 e. The van der Waals surface area contributed by atoms with Crippen molar-refractivity contribution in [3.8, 4) is 6.07 Å². The monoisotopic (exact) mass is 261 g/mol. The van der Waals surface area contributed by atoms with Crippen LogP contribution < -0.4 is 5.73 Å². The Balaban J connectivity index is 3.33. The van der Waals surface area contributed by atoms with E-state index in [2.05, 4.69) is 20.9 Å². The first-order valence-electron chi connectivity index (χ1n) is 3.67. The Morgan fingerprint density at radius 3 is 2.71 bits per heavy atom. The van der Waals surface area contributed by atoms with Gasteiger partial charge in [0.25, 0.3) is 6.43 Å². The Hall–Kier alpha value is -1.06. The summed E-state index contributed by atoms with van der Waals surface area (Å²) in [6.45, 7) is 0.145. The van der Waals surface area contributed by atoms with Crippen LogP contribution in [0.1, 0.15) is 23.2 Å². The SMILES string of the molecule is N#Cc1cc(CN)c(Br)nc1C(F)F. The molecule has 0 spiro atoms. The van der Waals surface area contributed by atoms with E-state index in [1.54, 1.807) is 6.07 Å². The maximum Gasteiger partial charge on any atom is 0.281 e. The largest absolute Gasteiger partial charge is 0.326 e. The summed E-state index contributed by atoms with van der Waals surface area (Å²) in [4.78, 5) is 3.58. The summed E-state index contributed by atoms with van der Waals surface area (Å²) in [5.74, 6) is 0. The molecule has 0 aliphatic heterocycles. The van der Waals surface area contributed by atoms with E-state index in [0.29, 0.717) is 5.56 Å². The molecule has 0 amide bonds. The molecule has 1 heterocycles. The number of pyridine rings is 1. The van der Waals surface area contributed by atoms with Gasteiger partial charge in [-0.3, -0.25) is 0 Å². The lowest BCUT2D eigenvalue weighted by molar-refractivity contribution is 0.145. The predicted molar refractivity (Wildman–Crippen MR) is 49.5 cm³/mol. The Kier molecular flexibility index (Phi) is 3.49. The van der Waals surface area contributed by atoms with Crippen LogP contribution in [0.2, 0.25) is 0 Å². The van der Waals surface area contributed by atoms with Crippen LogP contribution in [0, 0.1) is 11.3 Å². The normalized spacial score (nSPS) is 10.3. The molecule has 1 aromatic rings. The zero-order chi connectivity index (χ0) is 10.7. The average Bonchev–Trinajstić information content (AvgIpc) is 2.17. The van der Waals surface area contributed by atoms with E-state index in [0.717, 1.165) is 0 Å². The Bertz CT molecular complexity index is 387. The van der Waals surface area contributed by atoms with Crippen molar-refractivity contribution in [2.24, 2.45) is 5.73 Å². The molecular weight excluding hydrogens is 256 g/mol. The number of hydrogen-bond donors (Lipinski definition) is 1. The van der Waals surface area contributed by atoms with E-state index in [1.807, 2.05) is 0 Å². The number of nitrogens with zero attached hydrogens (tertiary/aromatic N) is 2. The minimum atomic E-state index is -2.76. The lowest BCUT2D eigenvalue weighted by atomic mass is 10.1. The summed E-state index contributed by atoms with van der Waals surface area (Å²) in [5, 5.41) is 8.60. The zero-order valence-electron chi connectivity index (χ0n) is 6.97. The Labute approximate surface area is 87.7 Å². The molecule has 2 N–H and O–H groups in total. The van der Waals surface area contributed by atoms with E-state index in [9.17, 15) is 8.78 Å². The van der Waals surface area contributed by atoms with Crippen molar-refractivity contribution < 1.29 is 8.78 Å². The molecule has 0 atom stereocenters. The Morgan fingerprint density at radius 2 is 2.29 bits per heavy atom. The highest BCUT2D eigenvalue weighted by Crippen LogP contribution is 2.25. The summed E-state index contributed by atoms with van der Waals surface area (Å²) in [6, 6.07) is 2.98. The van der Waals surface area contributed by atoms with Crippen LogP contribution in [0.3, 0.4) is 0 Å². The van der Waals surface area contributed by atoms with E-state index in [1.165, 1.54) is 6.07 Å². The summed E-state index contributed by atoms with van der Waals surface area (Å²) >= 11 is 3.01. The van der Waals surface area contributed by atoms with Gasteiger partial charge in [-0.1, -0.05) is 0 Å². The lowest BCUT2D eigenvalue weighted by Gasteiger charge is -2.06. The van der Waals surface area contributed by atoms with E-state index >= 15 is 0 Å². The van der Waals surface area contributed by atoms with Gasteiger partial charge in [-0.15, -0.1) is 0 Å². The molecule has 0 unspecified atom stereocenters. The van der Waals surface area contributed by atoms with Gasteiger partial charge in [-0.25, -0.2) is 13.8 Å². The molecule has 3 nitrogen and oxygen atoms in total. The number of alkyl halides is 2. The zero-order valence-corrected chi connectivity index (χ0v) is 8.55. The molecule has 0 radical (unpaired) electrons. The second-order valence-corrected chi connectivity index (χ2v) is 3.24. The number of nitrogens with two attached hydrogens (primary N) is 1. The van der Waals surface area contributed by atoms with Crippen molar-refractivity contribution in [3.63, 3.8) is 0 Å². The Morgan fingerprint density at radius 1 is 1.64 bits per heavy atom. The van der Waals surface area contributed by atoms with Gasteiger partial charge in [0.1, 0.15) is 16.4 Å². The van der Waals surface area contributed by atoms with Crippen molar-refractivity contribution in [1.82, 2.24) is 4.98 Å². The minimum absolute atomic E-state index is 0.136. The van der Waals surface area contributed by atoms with Crippen LogP contribution in [-0.4, -0.2) is 4.98 Å². The second kappa shape index (κ2) is 4.44. The van der Waals surface area contributed by atoms with Gasteiger partial charge in [0.2, 0.25) is 0 Å². The number of hydrogen-bond acceptors (Lipinski definition) is 3. The van der Waals surface area contributed by atoms with Crippen LogP contribution in [0.4, 0.5) is 8.78 Å². The number of halogens is 3. The third-order valence-electron chi connectivity index (χ3n) is 1.63. The van der Waals surface area contributed by atoms with Crippen molar-refractivity contribution in [2.75, 3.05) is 0 Å². The number of aromatic nitrogens is 1. The maximum atomic E-state index is 12.4. The molecule has 0 aromatic carbocycles. The summed E-state index contributed by atoms with van der Waals surface area (Å²) in [5.41, 5.74) is 5.21. The van der Waals surface area contributed by atoms with Crippen molar-refractivity contribution >= 4 is 15.9 Å². The molecule has 0 aliphatic carbocycles. The van der Waals surface area contributed by atoms with Crippen molar-refractivity contribution in [2.45, 2.75) is 13.0 Å². The highest BCUT2D eigenvalue weighted by Gasteiger charge is 2.17. The van der Waals surface area contributed by atoms with Crippen LogP contribution in [0.25, 0.3) is 0 Å². The molecule has 14 heavy (non-hydrogen) atoms. The maximum absolute atomic E-state index is 12.4. The molecule has 0 bridgehead atoms. The summed E-state index contributed by atoms with van der Waals surface area (Å²) < 4.78 is 25.0.